The summed E-state index contributed by atoms with van der Waals surface area (Å²) in [5, 5.41) is 2.81. The van der Waals surface area contributed by atoms with Crippen LogP contribution in [0.2, 0.25) is 19.6 Å². The fourth-order valence-electron chi connectivity index (χ4n) is 5.94. The first-order valence-electron chi connectivity index (χ1n) is 22.1. The second-order valence-corrected chi connectivity index (χ2v) is 19.4. The minimum absolute atomic E-state index is 0.0473. The molecule has 62 heavy (non-hydrogen) atoms. The molecule has 0 aliphatic heterocycles. The smallest absolute Gasteiger partial charge is 0.407 e. The van der Waals surface area contributed by atoms with Crippen molar-refractivity contribution in [3.05, 3.63) is 59.7 Å². The summed E-state index contributed by atoms with van der Waals surface area (Å²) in [6.07, 6.45) is 0.266. The van der Waals surface area contributed by atoms with Gasteiger partial charge in [0, 0.05) is 19.1 Å². The zero-order valence-corrected chi connectivity index (χ0v) is 38.6. The summed E-state index contributed by atoms with van der Waals surface area (Å²) >= 11 is 0. The average Bonchev–Trinajstić information content (AvgIpc) is 3.59. The molecule has 1 N–H and O–H groups in total. The third kappa shape index (κ3) is 27.6. The van der Waals surface area contributed by atoms with Crippen molar-refractivity contribution in [1.82, 2.24) is 5.32 Å². The number of alkyl carbamates (subject to hydrolysis) is 1. The van der Waals surface area contributed by atoms with E-state index in [9.17, 15) is 4.79 Å². The zero-order chi connectivity index (χ0) is 44.0. The molecule has 0 heterocycles. The fourth-order valence-corrected chi connectivity index (χ4v) is 6.64. The first-order chi connectivity index (χ1) is 30.5. The predicted molar refractivity (Wildman–Crippen MR) is 237 cm³/mol. The van der Waals surface area contributed by atoms with E-state index in [1.807, 2.05) is 24.3 Å². The third-order valence-corrected chi connectivity index (χ3v) is 10.0. The van der Waals surface area contributed by atoms with Crippen molar-refractivity contribution in [2.75, 3.05) is 178 Å². The monoisotopic (exact) mass is 897 g/mol. The molecule has 16 nitrogen and oxygen atoms in total. The van der Waals surface area contributed by atoms with Gasteiger partial charge in [0.25, 0.3) is 0 Å². The normalized spacial score (nSPS) is 12.5. The molecule has 1 aliphatic carbocycles. The molecule has 2 aromatic rings. The second kappa shape index (κ2) is 36.7. The number of rotatable bonds is 43. The first-order valence-corrected chi connectivity index (χ1v) is 25.5. The molecule has 1 amide bonds. The van der Waals surface area contributed by atoms with Crippen molar-refractivity contribution in [2.24, 2.45) is 0 Å². The summed E-state index contributed by atoms with van der Waals surface area (Å²) in [6.45, 7) is 20.1. The standard InChI is InChI=1S/C45H75NO15Si/c1-62(2,3)61-38-37-59-36-35-58-34-33-57-32-31-56-30-29-55-28-27-54-26-25-53-24-23-52-22-21-51-20-19-50-18-17-49-16-15-48-14-8-13-46-45(47)60-39-44-42-11-6-4-9-40(42)41-10-5-7-12-43(41)44/h4-7,9-12,44H,8,13-39H2,1-3H3,(H,46,47). The quantitative estimate of drug-likeness (QED) is 0.0703. The van der Waals surface area contributed by atoms with E-state index in [-0.39, 0.29) is 5.92 Å². The zero-order valence-electron chi connectivity index (χ0n) is 37.6. The van der Waals surface area contributed by atoms with Crippen LogP contribution in [0.5, 0.6) is 0 Å². The Balaban J connectivity index is 0.914. The summed E-state index contributed by atoms with van der Waals surface area (Å²) in [5.41, 5.74) is 4.80. The third-order valence-electron chi connectivity index (χ3n) is 8.93. The van der Waals surface area contributed by atoms with E-state index in [4.69, 9.17) is 66.0 Å². The Morgan fingerprint density at radius 1 is 0.435 bits per heavy atom. The number of ether oxygens (including phenoxy) is 13. The summed E-state index contributed by atoms with van der Waals surface area (Å²) < 4.78 is 77.5. The molecule has 0 spiro atoms. The highest BCUT2D eigenvalue weighted by Crippen LogP contribution is 2.44. The first kappa shape index (κ1) is 53.7. The van der Waals surface area contributed by atoms with Gasteiger partial charge in [0.15, 0.2) is 8.32 Å². The van der Waals surface area contributed by atoms with Gasteiger partial charge < -0.3 is 71.3 Å². The lowest BCUT2D eigenvalue weighted by Gasteiger charge is -2.16. The Labute approximate surface area is 370 Å². The van der Waals surface area contributed by atoms with Crippen molar-refractivity contribution in [1.29, 1.82) is 0 Å². The van der Waals surface area contributed by atoms with Crippen LogP contribution >= 0.6 is 0 Å². The molecule has 0 saturated heterocycles. The molecule has 0 aromatic heterocycles. The molecule has 0 unspecified atom stereocenters. The molecule has 0 atom stereocenters. The highest BCUT2D eigenvalue weighted by molar-refractivity contribution is 6.69. The van der Waals surface area contributed by atoms with Crippen molar-refractivity contribution in [2.45, 2.75) is 32.0 Å². The second-order valence-electron chi connectivity index (χ2n) is 14.9. The van der Waals surface area contributed by atoms with Crippen LogP contribution in [0.3, 0.4) is 0 Å². The van der Waals surface area contributed by atoms with E-state index in [0.29, 0.717) is 185 Å². The molecule has 3 rings (SSSR count). The number of carbonyl (C=O) groups is 1. The van der Waals surface area contributed by atoms with E-state index < -0.39 is 14.4 Å². The molecule has 0 saturated carbocycles. The Bertz CT molecular complexity index is 1330. The maximum Gasteiger partial charge on any atom is 0.407 e. The Morgan fingerprint density at radius 2 is 0.726 bits per heavy atom. The molecule has 2 aromatic carbocycles. The van der Waals surface area contributed by atoms with Crippen LogP contribution in [0.1, 0.15) is 23.5 Å². The lowest BCUT2D eigenvalue weighted by molar-refractivity contribution is -0.0285. The van der Waals surface area contributed by atoms with Gasteiger partial charge in [-0.1, -0.05) is 48.5 Å². The van der Waals surface area contributed by atoms with Crippen LogP contribution in [-0.4, -0.2) is 193 Å². The van der Waals surface area contributed by atoms with Crippen LogP contribution in [0.25, 0.3) is 11.1 Å². The van der Waals surface area contributed by atoms with Gasteiger partial charge in [-0.05, 0) is 48.3 Å². The van der Waals surface area contributed by atoms with Crippen molar-refractivity contribution in [3.8, 4) is 11.1 Å². The molecular formula is C45H75NO15Si. The van der Waals surface area contributed by atoms with Crippen molar-refractivity contribution in [3.63, 3.8) is 0 Å². The summed E-state index contributed by atoms with van der Waals surface area (Å²) in [6, 6.07) is 16.6. The SMILES string of the molecule is C[Si](C)(C)OCCOCCOCCOCCOCCOCCOCCOCCOCCOCCOCCOCCOCCCNC(=O)OCC1c2ccccc2-c2ccccc21. The highest BCUT2D eigenvalue weighted by Gasteiger charge is 2.29. The van der Waals surface area contributed by atoms with Crippen molar-refractivity contribution < 1.29 is 70.8 Å². The number of amides is 1. The molecule has 17 heteroatoms. The molecule has 0 fully saturated rings. The maximum absolute atomic E-state index is 12.3. The van der Waals surface area contributed by atoms with Crippen LogP contribution in [0, 0.1) is 0 Å². The number of fused-ring (bicyclic) bond motifs is 3. The summed E-state index contributed by atoms with van der Waals surface area (Å²) in [4.78, 5) is 12.3. The molecule has 0 radical (unpaired) electrons. The highest BCUT2D eigenvalue weighted by atomic mass is 28.4. The van der Waals surface area contributed by atoms with Crippen LogP contribution in [-0.2, 0) is 66.0 Å². The fraction of sp³-hybridized carbons (Fsp3) is 0.711. The maximum atomic E-state index is 12.3. The van der Waals surface area contributed by atoms with Crippen LogP contribution < -0.4 is 5.32 Å². The summed E-state index contributed by atoms with van der Waals surface area (Å²) in [5.74, 6) is 0.0473. The Hall–Kier alpha value is -2.59. The topological polar surface area (TPSA) is 158 Å². The number of benzene rings is 2. The summed E-state index contributed by atoms with van der Waals surface area (Å²) in [7, 11) is -1.46. The van der Waals surface area contributed by atoms with E-state index in [0.717, 1.165) is 0 Å². The van der Waals surface area contributed by atoms with Gasteiger partial charge in [-0.3, -0.25) is 0 Å². The number of carbonyl (C=O) groups excluding carboxylic acids is 1. The van der Waals surface area contributed by atoms with E-state index in [2.05, 4.69) is 49.2 Å². The van der Waals surface area contributed by atoms with Gasteiger partial charge in [0.1, 0.15) is 6.61 Å². The van der Waals surface area contributed by atoms with Crippen LogP contribution in [0.4, 0.5) is 4.79 Å². The Morgan fingerprint density at radius 3 is 1.05 bits per heavy atom. The van der Waals surface area contributed by atoms with Crippen LogP contribution in [0.15, 0.2) is 48.5 Å². The van der Waals surface area contributed by atoms with E-state index >= 15 is 0 Å². The number of nitrogens with one attached hydrogen (secondary N) is 1. The predicted octanol–water partition coefficient (Wildman–Crippen LogP) is 4.97. The van der Waals surface area contributed by atoms with Gasteiger partial charge >= 0.3 is 6.09 Å². The lowest BCUT2D eigenvalue weighted by atomic mass is 9.98. The molecular weight excluding hydrogens is 823 g/mol. The van der Waals surface area contributed by atoms with Gasteiger partial charge in [-0.25, -0.2) is 4.79 Å². The van der Waals surface area contributed by atoms with Gasteiger partial charge in [0.2, 0.25) is 0 Å². The largest absolute Gasteiger partial charge is 0.449 e. The van der Waals surface area contributed by atoms with Gasteiger partial charge in [0.05, 0.1) is 159 Å². The van der Waals surface area contributed by atoms with E-state index in [1.165, 1.54) is 22.3 Å². The van der Waals surface area contributed by atoms with Gasteiger partial charge in [-0.2, -0.15) is 0 Å². The molecule has 1 aliphatic rings. The lowest BCUT2D eigenvalue weighted by Crippen LogP contribution is -2.27. The molecule has 0 bridgehead atoms. The van der Waals surface area contributed by atoms with Gasteiger partial charge in [-0.15, -0.1) is 0 Å². The minimum atomic E-state index is -1.46. The number of hydrogen-bond donors (Lipinski definition) is 1. The number of hydrogen-bond acceptors (Lipinski definition) is 15. The van der Waals surface area contributed by atoms with E-state index in [1.54, 1.807) is 0 Å². The molecule has 354 valence electrons. The minimum Gasteiger partial charge on any atom is -0.449 e. The average molecular weight is 898 g/mol. The van der Waals surface area contributed by atoms with Crippen molar-refractivity contribution >= 4 is 14.4 Å². The Kier molecular flexibility index (Phi) is 31.8.